The minimum Gasteiger partial charge on any atom is -0.493 e. The summed E-state index contributed by atoms with van der Waals surface area (Å²) in [7, 11) is 1.49. The smallest absolute Gasteiger partial charge is 0.260 e. The van der Waals surface area contributed by atoms with Gasteiger partial charge < -0.3 is 14.8 Å². The normalized spacial score (nSPS) is 11.6. The molecule has 1 N–H and O–H groups in total. The minimum atomic E-state index is -0.672. The monoisotopic (exact) mass is 329 g/mol. The highest BCUT2D eigenvalue weighted by Gasteiger charge is 2.17. The van der Waals surface area contributed by atoms with E-state index in [1.165, 1.54) is 13.2 Å². The van der Waals surface area contributed by atoms with Crippen molar-refractivity contribution in [2.24, 2.45) is 0 Å². The molecule has 0 saturated carbocycles. The third-order valence-electron chi connectivity index (χ3n) is 2.43. The van der Waals surface area contributed by atoms with Crippen LogP contribution in [0.3, 0.4) is 0 Å². The van der Waals surface area contributed by atoms with Gasteiger partial charge in [0.15, 0.2) is 23.9 Å². The van der Waals surface area contributed by atoms with Gasteiger partial charge in [-0.15, -0.1) is 0 Å². The zero-order valence-corrected chi connectivity index (χ0v) is 12.6. The molecule has 0 unspecified atom stereocenters. The lowest BCUT2D eigenvalue weighted by Crippen LogP contribution is -2.36. The number of benzene rings is 1. The topological polar surface area (TPSA) is 64.6 Å². The van der Waals surface area contributed by atoms with E-state index < -0.39 is 6.10 Å². The van der Waals surface area contributed by atoms with Crippen LogP contribution in [-0.2, 0) is 4.79 Å². The van der Waals surface area contributed by atoms with Gasteiger partial charge >= 0.3 is 0 Å². The number of halogens is 1. The molecule has 1 atom stereocenters. The van der Waals surface area contributed by atoms with E-state index in [0.29, 0.717) is 34.4 Å². The van der Waals surface area contributed by atoms with Gasteiger partial charge in [-0.25, -0.2) is 0 Å². The van der Waals surface area contributed by atoms with E-state index >= 15 is 0 Å². The third kappa shape index (κ3) is 3.96. The summed E-state index contributed by atoms with van der Waals surface area (Å²) in [4.78, 5) is 22.5. The Morgan fingerprint density at radius 2 is 2.16 bits per heavy atom. The van der Waals surface area contributed by atoms with E-state index in [4.69, 9.17) is 9.47 Å². The van der Waals surface area contributed by atoms with E-state index in [-0.39, 0.29) is 5.91 Å². The second kappa shape index (κ2) is 7.13. The summed E-state index contributed by atoms with van der Waals surface area (Å²) in [5.74, 6) is 0.584. The molecular weight excluding hydrogens is 314 g/mol. The number of aldehydes is 1. The fourth-order valence-electron chi connectivity index (χ4n) is 1.45. The van der Waals surface area contributed by atoms with Gasteiger partial charge in [0, 0.05) is 16.6 Å². The van der Waals surface area contributed by atoms with Crippen LogP contribution >= 0.6 is 15.9 Å². The number of ether oxygens (including phenoxy) is 2. The van der Waals surface area contributed by atoms with Crippen molar-refractivity contribution < 1.29 is 19.1 Å². The SMILES string of the molecule is CCNC(=O)[C@H](C)Oc1cc(C=O)c(Br)cc1OC. The van der Waals surface area contributed by atoms with Crippen molar-refractivity contribution in [1.29, 1.82) is 0 Å². The number of likely N-dealkylation sites (N-methyl/N-ethyl adjacent to an activating group) is 1. The summed E-state index contributed by atoms with van der Waals surface area (Å²) in [6.07, 6.45) is 0.0298. The Hall–Kier alpha value is -1.56. The standard InChI is InChI=1S/C13H16BrNO4/c1-4-15-13(17)8(2)19-12-5-9(7-16)10(14)6-11(12)18-3/h5-8H,4H2,1-3H3,(H,15,17)/t8-/m0/s1. The van der Waals surface area contributed by atoms with Crippen LogP contribution < -0.4 is 14.8 Å². The van der Waals surface area contributed by atoms with Crippen molar-refractivity contribution in [1.82, 2.24) is 5.32 Å². The summed E-state index contributed by atoms with van der Waals surface area (Å²) in [6, 6.07) is 3.16. The molecule has 0 heterocycles. The molecule has 0 aliphatic rings. The van der Waals surface area contributed by atoms with Crippen molar-refractivity contribution in [2.45, 2.75) is 20.0 Å². The Morgan fingerprint density at radius 3 is 2.68 bits per heavy atom. The number of hydrogen-bond acceptors (Lipinski definition) is 4. The van der Waals surface area contributed by atoms with E-state index in [1.807, 2.05) is 6.92 Å². The first kappa shape index (κ1) is 15.5. The quantitative estimate of drug-likeness (QED) is 0.812. The molecule has 1 aromatic carbocycles. The van der Waals surface area contributed by atoms with E-state index in [2.05, 4.69) is 21.2 Å². The van der Waals surface area contributed by atoms with Gasteiger partial charge in [0.1, 0.15) is 0 Å². The average Bonchev–Trinajstić information content (AvgIpc) is 2.40. The number of amides is 1. The highest BCUT2D eigenvalue weighted by molar-refractivity contribution is 9.10. The molecule has 0 saturated heterocycles. The van der Waals surface area contributed by atoms with E-state index in [1.54, 1.807) is 13.0 Å². The van der Waals surface area contributed by atoms with Gasteiger partial charge in [0.2, 0.25) is 0 Å². The number of carbonyl (C=O) groups is 2. The third-order valence-corrected chi connectivity index (χ3v) is 3.12. The minimum absolute atomic E-state index is 0.222. The van der Waals surface area contributed by atoms with Gasteiger partial charge in [-0.3, -0.25) is 9.59 Å². The van der Waals surface area contributed by atoms with Crippen LogP contribution in [-0.4, -0.2) is 32.0 Å². The van der Waals surface area contributed by atoms with Crippen LogP contribution in [0.4, 0.5) is 0 Å². The summed E-state index contributed by atoms with van der Waals surface area (Å²) < 4.78 is 11.3. The summed E-state index contributed by atoms with van der Waals surface area (Å²) in [5.41, 5.74) is 0.430. The zero-order chi connectivity index (χ0) is 14.4. The number of hydrogen-bond donors (Lipinski definition) is 1. The van der Waals surface area contributed by atoms with Crippen molar-refractivity contribution in [3.63, 3.8) is 0 Å². The van der Waals surface area contributed by atoms with Crippen molar-refractivity contribution >= 4 is 28.1 Å². The molecular formula is C13H16BrNO4. The van der Waals surface area contributed by atoms with Crippen molar-refractivity contribution in [3.8, 4) is 11.5 Å². The Labute approximate surface area is 120 Å². The molecule has 0 spiro atoms. The predicted octanol–water partition coefficient (Wildman–Crippen LogP) is 2.17. The fraction of sp³-hybridized carbons (Fsp3) is 0.385. The molecule has 5 nitrogen and oxygen atoms in total. The van der Waals surface area contributed by atoms with E-state index in [0.717, 1.165) is 0 Å². The lowest BCUT2D eigenvalue weighted by molar-refractivity contribution is -0.127. The van der Waals surface area contributed by atoms with Crippen LogP contribution in [0.15, 0.2) is 16.6 Å². The average molecular weight is 330 g/mol. The molecule has 1 rings (SSSR count). The molecule has 0 aliphatic heterocycles. The maximum Gasteiger partial charge on any atom is 0.260 e. The Morgan fingerprint density at radius 1 is 1.47 bits per heavy atom. The maximum absolute atomic E-state index is 11.6. The van der Waals surface area contributed by atoms with Crippen molar-refractivity contribution in [2.75, 3.05) is 13.7 Å². The van der Waals surface area contributed by atoms with Gasteiger partial charge in [-0.05, 0) is 41.9 Å². The predicted molar refractivity (Wildman–Crippen MR) is 74.9 cm³/mol. The van der Waals surface area contributed by atoms with Crippen LogP contribution in [0.25, 0.3) is 0 Å². The van der Waals surface area contributed by atoms with Gasteiger partial charge in [-0.2, -0.15) is 0 Å². The first-order chi connectivity index (χ1) is 9.03. The Bertz CT molecular complexity index is 476. The number of rotatable bonds is 6. The zero-order valence-electron chi connectivity index (χ0n) is 11.0. The van der Waals surface area contributed by atoms with Gasteiger partial charge in [-0.1, -0.05) is 0 Å². The fourth-order valence-corrected chi connectivity index (χ4v) is 1.87. The maximum atomic E-state index is 11.6. The van der Waals surface area contributed by atoms with E-state index in [9.17, 15) is 9.59 Å². The second-order valence-corrected chi connectivity index (χ2v) is 4.65. The van der Waals surface area contributed by atoms with Crippen molar-refractivity contribution in [3.05, 3.63) is 22.2 Å². The first-order valence-corrected chi connectivity index (χ1v) is 6.59. The molecule has 0 fully saturated rings. The molecule has 1 amide bonds. The number of carbonyl (C=O) groups excluding carboxylic acids is 2. The molecule has 0 aromatic heterocycles. The molecule has 19 heavy (non-hydrogen) atoms. The molecule has 0 radical (unpaired) electrons. The van der Waals surface area contributed by atoms with Crippen LogP contribution in [0.5, 0.6) is 11.5 Å². The van der Waals surface area contributed by atoms with Gasteiger partial charge in [0.05, 0.1) is 7.11 Å². The molecule has 0 aliphatic carbocycles. The molecule has 1 aromatic rings. The first-order valence-electron chi connectivity index (χ1n) is 5.80. The molecule has 104 valence electrons. The highest BCUT2D eigenvalue weighted by Crippen LogP contribution is 2.33. The lowest BCUT2D eigenvalue weighted by Gasteiger charge is -2.17. The van der Waals surface area contributed by atoms with Gasteiger partial charge in [0.25, 0.3) is 5.91 Å². The summed E-state index contributed by atoms with van der Waals surface area (Å²) >= 11 is 3.26. The Kier molecular flexibility index (Phi) is 5.82. The van der Waals surface area contributed by atoms with Crippen LogP contribution in [0.1, 0.15) is 24.2 Å². The summed E-state index contributed by atoms with van der Waals surface area (Å²) in [5, 5.41) is 2.66. The highest BCUT2D eigenvalue weighted by atomic mass is 79.9. The molecule has 0 bridgehead atoms. The van der Waals surface area contributed by atoms with Crippen LogP contribution in [0.2, 0.25) is 0 Å². The molecule has 6 heteroatoms. The second-order valence-electron chi connectivity index (χ2n) is 3.80. The largest absolute Gasteiger partial charge is 0.493 e. The number of nitrogens with one attached hydrogen (secondary N) is 1. The lowest BCUT2D eigenvalue weighted by atomic mass is 10.2. The Balaban J connectivity index is 2.99. The summed E-state index contributed by atoms with van der Waals surface area (Å²) in [6.45, 7) is 3.99. The number of methoxy groups -OCH3 is 1. The van der Waals surface area contributed by atoms with Crippen LogP contribution in [0, 0.1) is 0 Å².